The number of hydrogen-bond acceptors (Lipinski definition) is 4. The smallest absolute Gasteiger partial charge is 0.193 e. The molecule has 1 saturated heterocycles. The van der Waals surface area contributed by atoms with Crippen molar-refractivity contribution in [2.24, 2.45) is 0 Å². The first-order chi connectivity index (χ1) is 12.6. The van der Waals surface area contributed by atoms with Gasteiger partial charge in [-0.15, -0.1) is 11.3 Å². The molecule has 0 aliphatic carbocycles. The number of aromatic nitrogens is 3. The highest BCUT2D eigenvalue weighted by Gasteiger charge is 2.40. The third-order valence-electron chi connectivity index (χ3n) is 4.94. The summed E-state index contributed by atoms with van der Waals surface area (Å²) in [6, 6.07) is 8.44. The monoisotopic (exact) mass is 383 g/mol. The van der Waals surface area contributed by atoms with E-state index in [4.69, 9.17) is 12.2 Å². The Balaban J connectivity index is 1.83. The Hall–Kier alpha value is -2.25. The summed E-state index contributed by atoms with van der Waals surface area (Å²) in [4.78, 5) is 11.3. The molecule has 0 amide bonds. The number of hydrogen-bond donors (Lipinski definition) is 1. The molecular weight excluding hydrogens is 362 g/mol. The summed E-state index contributed by atoms with van der Waals surface area (Å²) in [6.07, 6.45) is 3.68. The minimum absolute atomic E-state index is 0.0360. The van der Waals surface area contributed by atoms with Crippen LogP contribution in [0.3, 0.4) is 0 Å². The largest absolute Gasteiger partial charge is 0.352 e. The molecule has 3 aromatic heterocycles. The van der Waals surface area contributed by atoms with Gasteiger partial charge in [0.15, 0.2) is 10.2 Å². The molecular formula is C19H21N5S2. The molecule has 3 aromatic rings. The van der Waals surface area contributed by atoms with E-state index in [0.29, 0.717) is 0 Å². The van der Waals surface area contributed by atoms with E-state index in [-0.39, 0.29) is 12.1 Å². The van der Waals surface area contributed by atoms with Gasteiger partial charge < -0.3 is 10.2 Å². The number of thiocarbonyl (C=S) groups is 1. The Morgan fingerprint density at radius 2 is 2.08 bits per heavy atom. The second-order valence-electron chi connectivity index (χ2n) is 6.39. The maximum atomic E-state index is 5.63. The summed E-state index contributed by atoms with van der Waals surface area (Å²) >= 11 is 7.28. The summed E-state index contributed by atoms with van der Waals surface area (Å²) in [5, 5.41) is 7.27. The first-order valence-electron chi connectivity index (χ1n) is 8.68. The lowest BCUT2D eigenvalue weighted by atomic mass is 9.97. The van der Waals surface area contributed by atoms with Gasteiger partial charge >= 0.3 is 0 Å². The van der Waals surface area contributed by atoms with Gasteiger partial charge in [-0.05, 0) is 56.8 Å². The standard InChI is InChI=1S/C19H21N5S2/c1-4-23-17(16(22-18(23)25)15-7-5-6-8-20-15)14-11-12(2)24(13(14)3)19-21-9-10-26-19/h5-11,16-17H,4H2,1-3H3,(H,22,25)/t16-,17-/m0/s1. The molecule has 7 heteroatoms. The summed E-state index contributed by atoms with van der Waals surface area (Å²) in [5.74, 6) is 0. The lowest BCUT2D eigenvalue weighted by Gasteiger charge is -2.26. The minimum atomic E-state index is 0.0360. The fraction of sp³-hybridized carbons (Fsp3) is 0.316. The van der Waals surface area contributed by atoms with Gasteiger partial charge in [0.1, 0.15) is 0 Å². The molecule has 4 rings (SSSR count). The highest BCUT2D eigenvalue weighted by Crippen LogP contribution is 2.41. The van der Waals surface area contributed by atoms with Crippen LogP contribution in [0, 0.1) is 13.8 Å². The highest BCUT2D eigenvalue weighted by atomic mass is 32.1. The third-order valence-corrected chi connectivity index (χ3v) is 6.05. The van der Waals surface area contributed by atoms with Crippen LogP contribution in [-0.2, 0) is 0 Å². The van der Waals surface area contributed by atoms with Gasteiger partial charge in [-0.2, -0.15) is 0 Å². The molecule has 0 aromatic carbocycles. The molecule has 134 valence electrons. The van der Waals surface area contributed by atoms with Crippen LogP contribution < -0.4 is 5.32 Å². The lowest BCUT2D eigenvalue weighted by molar-refractivity contribution is 0.329. The molecule has 4 heterocycles. The van der Waals surface area contributed by atoms with Crippen LogP contribution in [-0.4, -0.2) is 31.1 Å². The van der Waals surface area contributed by atoms with Crippen molar-refractivity contribution in [3.8, 4) is 5.13 Å². The molecule has 1 N–H and O–H groups in total. The van der Waals surface area contributed by atoms with E-state index in [1.807, 2.05) is 29.9 Å². The average molecular weight is 384 g/mol. The van der Waals surface area contributed by atoms with Gasteiger partial charge in [-0.1, -0.05) is 6.07 Å². The quantitative estimate of drug-likeness (QED) is 0.692. The maximum absolute atomic E-state index is 5.63. The van der Waals surface area contributed by atoms with Crippen molar-refractivity contribution in [1.82, 2.24) is 24.8 Å². The van der Waals surface area contributed by atoms with Crippen molar-refractivity contribution < 1.29 is 0 Å². The van der Waals surface area contributed by atoms with Crippen molar-refractivity contribution >= 4 is 28.7 Å². The normalized spacial score (nSPS) is 19.8. The number of thiazole rings is 1. The van der Waals surface area contributed by atoms with Crippen molar-refractivity contribution in [3.05, 3.63) is 64.7 Å². The van der Waals surface area contributed by atoms with Crippen molar-refractivity contribution in [1.29, 1.82) is 0 Å². The van der Waals surface area contributed by atoms with Crippen LogP contribution in [0.25, 0.3) is 5.13 Å². The zero-order chi connectivity index (χ0) is 18.3. The van der Waals surface area contributed by atoms with Gasteiger partial charge in [0, 0.05) is 35.7 Å². The second-order valence-corrected chi connectivity index (χ2v) is 7.65. The first kappa shape index (κ1) is 17.2. The van der Waals surface area contributed by atoms with Crippen molar-refractivity contribution in [2.45, 2.75) is 32.9 Å². The molecule has 1 aliphatic heterocycles. The molecule has 0 saturated carbocycles. The van der Waals surface area contributed by atoms with Gasteiger partial charge in [0.05, 0.1) is 17.8 Å². The number of pyridine rings is 1. The van der Waals surface area contributed by atoms with Gasteiger partial charge in [-0.3, -0.25) is 9.55 Å². The zero-order valence-electron chi connectivity index (χ0n) is 15.0. The Morgan fingerprint density at radius 1 is 1.23 bits per heavy atom. The maximum Gasteiger partial charge on any atom is 0.193 e. The predicted molar refractivity (Wildman–Crippen MR) is 109 cm³/mol. The molecule has 1 fully saturated rings. The van der Waals surface area contributed by atoms with Crippen LogP contribution in [0.4, 0.5) is 0 Å². The average Bonchev–Trinajstić information content (AvgIpc) is 3.34. The lowest BCUT2D eigenvalue weighted by Crippen LogP contribution is -2.29. The SMILES string of the molecule is CCN1C(=S)N[C@@H](c2ccccn2)[C@@H]1c1cc(C)n(-c2nccs2)c1C. The van der Waals surface area contributed by atoms with E-state index in [2.05, 4.69) is 57.7 Å². The van der Waals surface area contributed by atoms with Crippen LogP contribution >= 0.6 is 23.6 Å². The molecule has 0 unspecified atom stereocenters. The summed E-state index contributed by atoms with van der Waals surface area (Å²) in [6.45, 7) is 7.28. The first-order valence-corrected chi connectivity index (χ1v) is 9.97. The number of nitrogens with zero attached hydrogens (tertiary/aromatic N) is 4. The Kier molecular flexibility index (Phi) is 4.50. The van der Waals surface area contributed by atoms with E-state index in [1.165, 1.54) is 17.0 Å². The van der Waals surface area contributed by atoms with E-state index in [0.717, 1.165) is 22.5 Å². The number of likely N-dealkylation sites (N-methyl/N-ethyl adjacent to an activating group) is 1. The third kappa shape index (κ3) is 2.71. The van der Waals surface area contributed by atoms with Gasteiger partial charge in [0.25, 0.3) is 0 Å². The Morgan fingerprint density at radius 3 is 2.73 bits per heavy atom. The molecule has 0 bridgehead atoms. The van der Waals surface area contributed by atoms with Crippen LogP contribution in [0.5, 0.6) is 0 Å². The molecule has 2 atom stereocenters. The van der Waals surface area contributed by atoms with E-state index in [9.17, 15) is 0 Å². The van der Waals surface area contributed by atoms with Crippen molar-refractivity contribution in [2.75, 3.05) is 6.54 Å². The predicted octanol–water partition coefficient (Wildman–Crippen LogP) is 3.94. The zero-order valence-corrected chi connectivity index (χ0v) is 16.6. The molecule has 5 nitrogen and oxygen atoms in total. The minimum Gasteiger partial charge on any atom is -0.352 e. The molecule has 0 radical (unpaired) electrons. The molecule has 1 aliphatic rings. The summed E-state index contributed by atoms with van der Waals surface area (Å²) < 4.78 is 2.23. The summed E-state index contributed by atoms with van der Waals surface area (Å²) in [7, 11) is 0. The van der Waals surface area contributed by atoms with Crippen LogP contribution in [0.15, 0.2) is 42.0 Å². The molecule has 26 heavy (non-hydrogen) atoms. The topological polar surface area (TPSA) is 46.0 Å². The van der Waals surface area contributed by atoms with E-state index >= 15 is 0 Å². The van der Waals surface area contributed by atoms with Gasteiger partial charge in [0.2, 0.25) is 0 Å². The number of rotatable bonds is 4. The Bertz CT molecular complexity index is 917. The summed E-state index contributed by atoms with van der Waals surface area (Å²) in [5.41, 5.74) is 4.66. The van der Waals surface area contributed by atoms with Crippen LogP contribution in [0.1, 0.15) is 41.7 Å². The number of aryl methyl sites for hydroxylation is 1. The Labute approximate surface area is 162 Å². The van der Waals surface area contributed by atoms with Gasteiger partial charge in [-0.25, -0.2) is 4.98 Å². The fourth-order valence-electron chi connectivity index (χ4n) is 3.79. The van der Waals surface area contributed by atoms with E-state index < -0.39 is 0 Å². The van der Waals surface area contributed by atoms with E-state index in [1.54, 1.807) is 11.3 Å². The highest BCUT2D eigenvalue weighted by molar-refractivity contribution is 7.80. The van der Waals surface area contributed by atoms with Crippen molar-refractivity contribution in [3.63, 3.8) is 0 Å². The fourth-order valence-corrected chi connectivity index (χ4v) is 4.91. The second kappa shape index (κ2) is 6.81. The molecule has 0 spiro atoms. The number of nitrogens with one attached hydrogen (secondary N) is 1. The van der Waals surface area contributed by atoms with Crippen LogP contribution in [0.2, 0.25) is 0 Å².